The molecule has 0 aliphatic carbocycles. The van der Waals surface area contributed by atoms with Gasteiger partial charge in [-0.3, -0.25) is 15.0 Å². The predicted octanol–water partition coefficient (Wildman–Crippen LogP) is 3.59. The van der Waals surface area contributed by atoms with Gasteiger partial charge < -0.3 is 14.8 Å². The molecule has 0 bridgehead atoms. The summed E-state index contributed by atoms with van der Waals surface area (Å²) >= 11 is 0. The number of ether oxygens (including phenoxy) is 2. The van der Waals surface area contributed by atoms with Gasteiger partial charge in [0, 0.05) is 25.2 Å². The summed E-state index contributed by atoms with van der Waals surface area (Å²) in [5, 5.41) is 14.2. The number of rotatable bonds is 5. The van der Waals surface area contributed by atoms with Crippen molar-refractivity contribution in [3.05, 3.63) is 58.1 Å². The van der Waals surface area contributed by atoms with E-state index in [1.807, 2.05) is 24.3 Å². The highest BCUT2D eigenvalue weighted by atomic mass is 19.2. The van der Waals surface area contributed by atoms with Crippen LogP contribution in [0.25, 0.3) is 0 Å². The van der Waals surface area contributed by atoms with Crippen molar-refractivity contribution in [1.29, 1.82) is 0 Å². The number of piperidine rings is 1. The Labute approximate surface area is 166 Å². The zero-order valence-corrected chi connectivity index (χ0v) is 15.6. The monoisotopic (exact) mass is 405 g/mol. The first kappa shape index (κ1) is 19.4. The highest BCUT2D eigenvalue weighted by Crippen LogP contribution is 2.32. The van der Waals surface area contributed by atoms with Crippen molar-refractivity contribution in [2.24, 2.45) is 0 Å². The first-order valence-corrected chi connectivity index (χ1v) is 9.50. The standard InChI is InChI=1S/C20H21F2N3O4/c21-15-8-17(18(25(26)27)9-16(15)22)23-13-4-3-7-24(10-13)11-14-12-28-19-5-1-2-6-20(19)29-14/h1-2,5-6,8-9,13-14,23H,3-4,7,10-12H2. The third-order valence-corrected chi connectivity index (χ3v) is 5.13. The molecule has 0 spiro atoms. The Kier molecular flexibility index (Phi) is 5.48. The summed E-state index contributed by atoms with van der Waals surface area (Å²) in [6.45, 7) is 2.56. The van der Waals surface area contributed by atoms with Gasteiger partial charge in [0.15, 0.2) is 23.1 Å². The van der Waals surface area contributed by atoms with Gasteiger partial charge in [0.2, 0.25) is 0 Å². The van der Waals surface area contributed by atoms with Crippen LogP contribution < -0.4 is 14.8 Å². The average Bonchev–Trinajstić information content (AvgIpc) is 2.70. The molecule has 0 saturated carbocycles. The van der Waals surface area contributed by atoms with Crippen LogP contribution in [0.2, 0.25) is 0 Å². The zero-order valence-electron chi connectivity index (χ0n) is 15.6. The topological polar surface area (TPSA) is 76.9 Å². The number of nitro benzene ring substituents is 1. The van der Waals surface area contributed by atoms with Crippen LogP contribution in [0.1, 0.15) is 12.8 Å². The zero-order chi connectivity index (χ0) is 20.4. The normalized spacial score (nSPS) is 21.6. The highest BCUT2D eigenvalue weighted by Gasteiger charge is 2.28. The van der Waals surface area contributed by atoms with Gasteiger partial charge in [0.05, 0.1) is 11.0 Å². The smallest absolute Gasteiger partial charge is 0.295 e. The van der Waals surface area contributed by atoms with E-state index in [-0.39, 0.29) is 17.8 Å². The van der Waals surface area contributed by atoms with Crippen molar-refractivity contribution in [1.82, 2.24) is 4.90 Å². The van der Waals surface area contributed by atoms with Crippen LogP contribution in [0.3, 0.4) is 0 Å². The molecule has 9 heteroatoms. The first-order chi connectivity index (χ1) is 14.0. The summed E-state index contributed by atoms with van der Waals surface area (Å²) in [6, 6.07) is 8.85. The van der Waals surface area contributed by atoms with Crippen molar-refractivity contribution >= 4 is 11.4 Å². The minimum atomic E-state index is -1.23. The van der Waals surface area contributed by atoms with Gasteiger partial charge in [-0.1, -0.05) is 12.1 Å². The lowest BCUT2D eigenvalue weighted by atomic mass is 10.0. The third-order valence-electron chi connectivity index (χ3n) is 5.13. The average molecular weight is 405 g/mol. The Balaban J connectivity index is 1.39. The molecule has 0 amide bonds. The molecule has 1 N–H and O–H groups in total. The fraction of sp³-hybridized carbons (Fsp3) is 0.400. The molecule has 4 rings (SSSR count). The molecule has 0 radical (unpaired) electrons. The Hall–Kier alpha value is -2.94. The number of nitrogens with one attached hydrogen (secondary N) is 1. The van der Waals surface area contributed by atoms with Gasteiger partial charge in [-0.2, -0.15) is 0 Å². The number of hydrogen-bond acceptors (Lipinski definition) is 6. The molecular weight excluding hydrogens is 384 g/mol. The van der Waals surface area contributed by atoms with E-state index in [4.69, 9.17) is 9.47 Å². The van der Waals surface area contributed by atoms with E-state index in [0.717, 1.165) is 31.2 Å². The summed E-state index contributed by atoms with van der Waals surface area (Å²) < 4.78 is 38.7. The second kappa shape index (κ2) is 8.20. The first-order valence-electron chi connectivity index (χ1n) is 9.50. The van der Waals surface area contributed by atoms with Gasteiger partial charge in [-0.15, -0.1) is 0 Å². The maximum absolute atomic E-state index is 13.6. The van der Waals surface area contributed by atoms with E-state index in [1.54, 1.807) is 0 Å². The number of nitrogens with zero attached hydrogens (tertiary/aromatic N) is 2. The number of hydrogen-bond donors (Lipinski definition) is 1. The molecule has 29 heavy (non-hydrogen) atoms. The van der Waals surface area contributed by atoms with Crippen molar-refractivity contribution in [3.8, 4) is 11.5 Å². The lowest BCUT2D eigenvalue weighted by molar-refractivity contribution is -0.384. The fourth-order valence-electron chi connectivity index (χ4n) is 3.80. The van der Waals surface area contributed by atoms with E-state index in [0.29, 0.717) is 31.5 Å². The number of likely N-dealkylation sites (tertiary alicyclic amines) is 1. The molecule has 2 aliphatic heterocycles. The number of halogens is 2. The molecule has 2 aromatic carbocycles. The minimum Gasteiger partial charge on any atom is -0.486 e. The second-order valence-corrected chi connectivity index (χ2v) is 7.28. The van der Waals surface area contributed by atoms with Gasteiger partial charge >= 0.3 is 0 Å². The molecule has 154 valence electrons. The lowest BCUT2D eigenvalue weighted by Crippen LogP contribution is -2.48. The summed E-state index contributed by atoms with van der Waals surface area (Å²) in [6.07, 6.45) is 1.53. The number of para-hydroxylation sites is 2. The molecule has 2 aromatic rings. The fourth-order valence-corrected chi connectivity index (χ4v) is 3.80. The minimum absolute atomic E-state index is 0.00747. The van der Waals surface area contributed by atoms with Gasteiger partial charge in [0.25, 0.3) is 5.69 Å². The maximum Gasteiger partial charge on any atom is 0.295 e. The molecule has 2 heterocycles. The molecular formula is C20H21F2N3O4. The van der Waals surface area contributed by atoms with E-state index >= 15 is 0 Å². The maximum atomic E-state index is 13.6. The Morgan fingerprint density at radius 3 is 2.76 bits per heavy atom. The summed E-state index contributed by atoms with van der Waals surface area (Å²) in [4.78, 5) is 12.7. The van der Waals surface area contributed by atoms with E-state index in [2.05, 4.69) is 10.2 Å². The Bertz CT molecular complexity index is 911. The molecule has 0 aromatic heterocycles. The number of nitro groups is 1. The molecule has 2 aliphatic rings. The number of anilines is 1. The number of fused-ring (bicyclic) bond motifs is 1. The molecule has 1 fully saturated rings. The van der Waals surface area contributed by atoms with E-state index in [9.17, 15) is 18.9 Å². The van der Waals surface area contributed by atoms with Crippen LogP contribution >= 0.6 is 0 Å². The second-order valence-electron chi connectivity index (χ2n) is 7.28. The molecule has 2 unspecified atom stereocenters. The molecule has 7 nitrogen and oxygen atoms in total. The Morgan fingerprint density at radius 2 is 1.97 bits per heavy atom. The van der Waals surface area contributed by atoms with E-state index < -0.39 is 22.2 Å². The van der Waals surface area contributed by atoms with Crippen molar-refractivity contribution in [2.75, 3.05) is 31.6 Å². The van der Waals surface area contributed by atoms with Crippen molar-refractivity contribution in [2.45, 2.75) is 25.0 Å². The van der Waals surface area contributed by atoms with Gasteiger partial charge in [0.1, 0.15) is 18.4 Å². The van der Waals surface area contributed by atoms with Crippen LogP contribution in [0.5, 0.6) is 11.5 Å². The van der Waals surface area contributed by atoms with Crippen molar-refractivity contribution in [3.63, 3.8) is 0 Å². The third kappa shape index (κ3) is 4.40. The van der Waals surface area contributed by atoms with E-state index in [1.165, 1.54) is 0 Å². The number of benzene rings is 2. The molecule has 1 saturated heterocycles. The van der Waals surface area contributed by atoms with Crippen molar-refractivity contribution < 1.29 is 23.2 Å². The highest BCUT2D eigenvalue weighted by molar-refractivity contribution is 5.62. The van der Waals surface area contributed by atoms with Crippen LogP contribution in [0.4, 0.5) is 20.2 Å². The van der Waals surface area contributed by atoms with Crippen LogP contribution in [-0.2, 0) is 0 Å². The van der Waals surface area contributed by atoms with Crippen LogP contribution in [-0.4, -0.2) is 48.2 Å². The van der Waals surface area contributed by atoms with Crippen LogP contribution in [0.15, 0.2) is 36.4 Å². The summed E-state index contributed by atoms with van der Waals surface area (Å²) in [7, 11) is 0. The van der Waals surface area contributed by atoms with Crippen LogP contribution in [0, 0.1) is 21.7 Å². The Morgan fingerprint density at radius 1 is 1.21 bits per heavy atom. The largest absolute Gasteiger partial charge is 0.486 e. The lowest BCUT2D eigenvalue weighted by Gasteiger charge is -2.36. The SMILES string of the molecule is O=[N+]([O-])c1cc(F)c(F)cc1NC1CCCN(CC2COc3ccccc3O2)C1. The van der Waals surface area contributed by atoms with Gasteiger partial charge in [-0.05, 0) is 31.5 Å². The predicted molar refractivity (Wildman–Crippen MR) is 102 cm³/mol. The quantitative estimate of drug-likeness (QED) is 0.605. The molecule has 2 atom stereocenters. The summed E-state index contributed by atoms with van der Waals surface area (Å²) in [5.74, 6) is -0.903. The summed E-state index contributed by atoms with van der Waals surface area (Å²) in [5.41, 5.74) is -0.478. The van der Waals surface area contributed by atoms with Gasteiger partial charge in [-0.25, -0.2) is 8.78 Å².